The van der Waals surface area contributed by atoms with E-state index in [4.69, 9.17) is 14.6 Å². The summed E-state index contributed by atoms with van der Waals surface area (Å²) in [6.45, 7) is -0.0740. The fourth-order valence-electron chi connectivity index (χ4n) is 6.53. The van der Waals surface area contributed by atoms with Gasteiger partial charge in [-0.25, -0.2) is 9.78 Å². The number of benzene rings is 6. The van der Waals surface area contributed by atoms with Gasteiger partial charge in [-0.15, -0.1) is 11.3 Å². The minimum atomic E-state index is -1.29. The number of oxime groups is 1. The molecule has 9 heteroatoms. The maximum absolute atomic E-state index is 13.4. The van der Waals surface area contributed by atoms with Gasteiger partial charge in [0, 0.05) is 5.38 Å². The summed E-state index contributed by atoms with van der Waals surface area (Å²) >= 11 is 1.27. The second-order valence-electron chi connectivity index (χ2n) is 12.7. The predicted octanol–water partition coefficient (Wildman–Crippen LogP) is 9.43. The van der Waals surface area contributed by atoms with Crippen LogP contribution in [0.4, 0.5) is 5.13 Å². The van der Waals surface area contributed by atoms with E-state index < -0.39 is 23.6 Å². The Kier molecular flexibility index (Phi) is 11.5. The molecule has 0 saturated carbocycles. The van der Waals surface area contributed by atoms with Crippen LogP contribution in [0, 0.1) is 0 Å². The molecule has 0 amide bonds. The first kappa shape index (κ1) is 36.5. The molecule has 0 fully saturated rings. The summed E-state index contributed by atoms with van der Waals surface area (Å²) in [7, 11) is 0. The Morgan fingerprint density at radius 3 is 1.60 bits per heavy atom. The van der Waals surface area contributed by atoms with Gasteiger partial charge in [-0.1, -0.05) is 181 Å². The van der Waals surface area contributed by atoms with E-state index in [2.05, 4.69) is 46.9 Å². The van der Waals surface area contributed by atoms with Crippen LogP contribution in [0.1, 0.15) is 50.7 Å². The van der Waals surface area contributed by atoms with Crippen molar-refractivity contribution in [1.29, 1.82) is 0 Å². The maximum atomic E-state index is 13.4. The van der Waals surface area contributed by atoms with Crippen LogP contribution in [-0.4, -0.2) is 27.7 Å². The van der Waals surface area contributed by atoms with Gasteiger partial charge in [0.2, 0.25) is 5.71 Å². The Balaban J connectivity index is 1.10. The van der Waals surface area contributed by atoms with Gasteiger partial charge in [0.15, 0.2) is 11.2 Å². The highest BCUT2D eigenvalue weighted by Crippen LogP contribution is 2.40. The van der Waals surface area contributed by atoms with Crippen molar-refractivity contribution in [3.63, 3.8) is 0 Å². The summed E-state index contributed by atoms with van der Waals surface area (Å²) in [5.74, 6) is -1.71. The number of anilines is 1. The lowest BCUT2D eigenvalue weighted by atomic mass is 9.77. The third-order valence-electron chi connectivity index (χ3n) is 9.15. The standard InChI is InChI=1S/C46H37N3O5S/c50-41(54-43(33-18-6-1-7-19-33)34-20-8-2-9-21-34)30-35-22-16-17-23-36(35)31-53-49-42(44(51)52)40-32-55-45(47-40)48-46(37-24-10-3-11-25-37,38-26-12-4-13-27-38)39-28-14-5-15-29-39/h1-29,32,43H,30-31H2,(H,47,48)(H,51,52)/b49-42-. The third-order valence-corrected chi connectivity index (χ3v) is 9.90. The van der Waals surface area contributed by atoms with Crippen LogP contribution in [0.25, 0.3) is 0 Å². The number of carboxylic acid groups (broad SMARTS) is 1. The first-order chi connectivity index (χ1) is 27.0. The number of carboxylic acids is 1. The van der Waals surface area contributed by atoms with Crippen molar-refractivity contribution in [2.45, 2.75) is 24.7 Å². The molecule has 0 unspecified atom stereocenters. The molecule has 7 aromatic rings. The van der Waals surface area contributed by atoms with E-state index in [0.717, 1.165) is 27.8 Å². The predicted molar refractivity (Wildman–Crippen MR) is 215 cm³/mol. The molecule has 0 bridgehead atoms. The number of hydrogen-bond acceptors (Lipinski definition) is 8. The molecule has 0 radical (unpaired) electrons. The number of nitrogens with one attached hydrogen (secondary N) is 1. The Morgan fingerprint density at radius 1 is 0.655 bits per heavy atom. The number of aromatic nitrogens is 1. The Morgan fingerprint density at radius 2 is 1.11 bits per heavy atom. The SMILES string of the molecule is O=C(Cc1ccccc1CO/N=C(\C(=O)O)c1csc(NC(c2ccccc2)(c2ccccc2)c2ccccc2)n1)OC(c1ccccc1)c1ccccc1. The summed E-state index contributed by atoms with van der Waals surface area (Å²) in [5, 5.41) is 20.1. The van der Waals surface area contributed by atoms with Gasteiger partial charge in [-0.2, -0.15) is 0 Å². The molecule has 0 atom stereocenters. The molecule has 0 saturated heterocycles. The molecule has 1 aromatic heterocycles. The Bertz CT molecular complexity index is 2220. The van der Waals surface area contributed by atoms with Crippen LogP contribution < -0.4 is 5.32 Å². The molecule has 8 nitrogen and oxygen atoms in total. The van der Waals surface area contributed by atoms with Gasteiger partial charge in [0.1, 0.15) is 17.8 Å². The Labute approximate surface area is 323 Å². The second kappa shape index (κ2) is 17.3. The van der Waals surface area contributed by atoms with Gasteiger partial charge < -0.3 is 20.0 Å². The Hall–Kier alpha value is -6.84. The summed E-state index contributed by atoms with van der Waals surface area (Å²) < 4.78 is 6.04. The van der Waals surface area contributed by atoms with E-state index in [1.54, 1.807) is 5.38 Å². The number of aliphatic carboxylic acids is 1. The van der Waals surface area contributed by atoms with Gasteiger partial charge >= 0.3 is 11.9 Å². The lowest BCUT2D eigenvalue weighted by Gasteiger charge is -2.36. The normalized spacial score (nSPS) is 11.5. The fourth-order valence-corrected chi connectivity index (χ4v) is 7.28. The quantitative estimate of drug-likeness (QED) is 0.0466. The fraction of sp³-hybridized carbons (Fsp3) is 0.0870. The van der Waals surface area contributed by atoms with Crippen molar-refractivity contribution in [1.82, 2.24) is 4.98 Å². The largest absolute Gasteiger partial charge is 0.476 e. The average Bonchev–Trinajstić information content (AvgIpc) is 3.70. The van der Waals surface area contributed by atoms with E-state index in [-0.39, 0.29) is 24.4 Å². The number of thiazole rings is 1. The second-order valence-corrected chi connectivity index (χ2v) is 13.5. The number of ether oxygens (including phenoxy) is 1. The molecule has 0 aliphatic carbocycles. The van der Waals surface area contributed by atoms with Crippen molar-refractivity contribution in [3.8, 4) is 0 Å². The summed E-state index contributed by atoms with van der Waals surface area (Å²) in [6.07, 6.45) is -0.588. The van der Waals surface area contributed by atoms with Crippen LogP contribution in [0.2, 0.25) is 0 Å². The van der Waals surface area contributed by atoms with Gasteiger partial charge in [0.25, 0.3) is 0 Å². The number of rotatable bonds is 15. The zero-order valence-electron chi connectivity index (χ0n) is 29.7. The average molecular weight is 744 g/mol. The van der Waals surface area contributed by atoms with E-state index in [1.807, 2.05) is 140 Å². The summed E-state index contributed by atoms with van der Waals surface area (Å²) in [5.41, 5.74) is 4.98. The molecule has 7 rings (SSSR count). The van der Waals surface area contributed by atoms with Gasteiger partial charge in [0.05, 0.1) is 6.42 Å². The molecular weight excluding hydrogens is 707 g/mol. The zero-order valence-corrected chi connectivity index (χ0v) is 30.5. The number of carbonyl (C=O) groups is 2. The maximum Gasteiger partial charge on any atom is 0.360 e. The van der Waals surface area contributed by atoms with Crippen LogP contribution >= 0.6 is 11.3 Å². The third kappa shape index (κ3) is 8.53. The minimum absolute atomic E-state index is 0.0156. The van der Waals surface area contributed by atoms with Crippen molar-refractivity contribution >= 4 is 34.1 Å². The van der Waals surface area contributed by atoms with Crippen LogP contribution in [0.3, 0.4) is 0 Å². The number of carbonyl (C=O) groups excluding carboxylic acids is 1. The highest BCUT2D eigenvalue weighted by Gasteiger charge is 2.37. The lowest BCUT2D eigenvalue weighted by molar-refractivity contribution is -0.146. The summed E-state index contributed by atoms with van der Waals surface area (Å²) in [6, 6.07) is 56.7. The van der Waals surface area contributed by atoms with Crippen LogP contribution in [0.15, 0.2) is 186 Å². The molecule has 1 heterocycles. The minimum Gasteiger partial charge on any atom is -0.476 e. The highest BCUT2D eigenvalue weighted by atomic mass is 32.1. The summed E-state index contributed by atoms with van der Waals surface area (Å²) in [4.78, 5) is 36.3. The number of esters is 1. The molecule has 6 aromatic carbocycles. The molecule has 2 N–H and O–H groups in total. The monoisotopic (exact) mass is 743 g/mol. The van der Waals surface area contributed by atoms with Crippen LogP contribution in [0.5, 0.6) is 0 Å². The first-order valence-corrected chi connectivity index (χ1v) is 18.6. The van der Waals surface area contributed by atoms with E-state index in [0.29, 0.717) is 16.3 Å². The van der Waals surface area contributed by atoms with E-state index in [9.17, 15) is 14.7 Å². The molecular formula is C46H37N3O5S. The van der Waals surface area contributed by atoms with E-state index >= 15 is 0 Å². The van der Waals surface area contributed by atoms with Crippen molar-refractivity contribution in [2.24, 2.45) is 5.16 Å². The van der Waals surface area contributed by atoms with Crippen molar-refractivity contribution in [2.75, 3.05) is 5.32 Å². The van der Waals surface area contributed by atoms with Crippen LogP contribution in [-0.2, 0) is 37.7 Å². The topological polar surface area (TPSA) is 110 Å². The highest BCUT2D eigenvalue weighted by molar-refractivity contribution is 7.14. The van der Waals surface area contributed by atoms with Gasteiger partial charge in [-0.3, -0.25) is 4.79 Å². The van der Waals surface area contributed by atoms with E-state index in [1.165, 1.54) is 11.3 Å². The zero-order chi connectivity index (χ0) is 37.9. The molecule has 272 valence electrons. The lowest BCUT2D eigenvalue weighted by Crippen LogP contribution is -2.38. The van der Waals surface area contributed by atoms with Crippen molar-refractivity contribution in [3.05, 3.63) is 226 Å². The molecule has 0 aliphatic rings. The number of hydrogen-bond donors (Lipinski definition) is 2. The molecule has 0 spiro atoms. The smallest absolute Gasteiger partial charge is 0.360 e. The molecule has 55 heavy (non-hydrogen) atoms. The first-order valence-electron chi connectivity index (χ1n) is 17.7. The van der Waals surface area contributed by atoms with Crippen molar-refractivity contribution < 1.29 is 24.3 Å². The number of nitrogens with zero attached hydrogens (tertiary/aromatic N) is 2. The molecule has 0 aliphatic heterocycles. The van der Waals surface area contributed by atoms with Gasteiger partial charge in [-0.05, 0) is 38.9 Å².